The van der Waals surface area contributed by atoms with Crippen molar-refractivity contribution in [3.05, 3.63) is 16.5 Å². The minimum atomic E-state index is -0.956. The van der Waals surface area contributed by atoms with Crippen LogP contribution in [0.4, 0.5) is 10.6 Å². The molecule has 1 N–H and O–H groups in total. The SMILES string of the molecule is O=C(O)N1Cc2nc(Cl)nc(N3CCOCC3)c2C1. The van der Waals surface area contributed by atoms with E-state index in [2.05, 4.69) is 14.9 Å². The number of ether oxygens (including phenoxy) is 1. The number of hydrogen-bond donors (Lipinski definition) is 1. The number of amides is 1. The summed E-state index contributed by atoms with van der Waals surface area (Å²) < 4.78 is 5.31. The van der Waals surface area contributed by atoms with Gasteiger partial charge in [0, 0.05) is 18.7 Å². The third kappa shape index (κ3) is 2.31. The van der Waals surface area contributed by atoms with Crippen LogP contribution in [0.3, 0.4) is 0 Å². The maximum atomic E-state index is 11.1. The molecule has 3 rings (SSSR count). The van der Waals surface area contributed by atoms with Gasteiger partial charge in [-0.15, -0.1) is 0 Å². The Kier molecular flexibility index (Phi) is 3.16. The Labute approximate surface area is 114 Å². The van der Waals surface area contributed by atoms with Crippen LogP contribution in [0.2, 0.25) is 5.28 Å². The molecule has 0 aliphatic carbocycles. The van der Waals surface area contributed by atoms with Gasteiger partial charge in [0.1, 0.15) is 5.82 Å². The molecule has 7 nitrogen and oxygen atoms in total. The molecule has 0 saturated carbocycles. The van der Waals surface area contributed by atoms with Crippen LogP contribution in [0.5, 0.6) is 0 Å². The first-order chi connectivity index (χ1) is 9.15. The second-order valence-electron chi connectivity index (χ2n) is 4.48. The number of carboxylic acid groups (broad SMARTS) is 1. The lowest BCUT2D eigenvalue weighted by Crippen LogP contribution is -2.37. The first-order valence-electron chi connectivity index (χ1n) is 6.01. The molecule has 0 bridgehead atoms. The standard InChI is InChI=1S/C11H13ClN4O3/c12-10-13-8-6-16(11(17)18)5-7(8)9(14-10)15-1-3-19-4-2-15/h1-6H2,(H,17,18). The van der Waals surface area contributed by atoms with Gasteiger partial charge in [-0.3, -0.25) is 4.90 Å². The molecule has 1 aromatic heterocycles. The van der Waals surface area contributed by atoms with Gasteiger partial charge in [-0.05, 0) is 11.6 Å². The fraction of sp³-hybridized carbons (Fsp3) is 0.545. The van der Waals surface area contributed by atoms with Gasteiger partial charge in [-0.25, -0.2) is 14.8 Å². The van der Waals surface area contributed by atoms with E-state index >= 15 is 0 Å². The lowest BCUT2D eigenvalue weighted by Gasteiger charge is -2.29. The average molecular weight is 285 g/mol. The summed E-state index contributed by atoms with van der Waals surface area (Å²) in [5.74, 6) is 0.738. The lowest BCUT2D eigenvalue weighted by atomic mass is 10.2. The predicted molar refractivity (Wildman–Crippen MR) is 67.3 cm³/mol. The summed E-state index contributed by atoms with van der Waals surface area (Å²) in [5, 5.41) is 9.23. The maximum absolute atomic E-state index is 11.1. The fourth-order valence-corrected chi connectivity index (χ4v) is 2.56. The predicted octanol–water partition coefficient (Wildman–Crippen LogP) is 0.960. The average Bonchev–Trinajstić information content (AvgIpc) is 2.82. The molecule has 2 aliphatic rings. The Morgan fingerprint density at radius 3 is 2.68 bits per heavy atom. The van der Waals surface area contributed by atoms with E-state index in [1.165, 1.54) is 4.90 Å². The fourth-order valence-electron chi connectivity index (χ4n) is 2.38. The van der Waals surface area contributed by atoms with Crippen LogP contribution in [0, 0.1) is 0 Å². The zero-order valence-electron chi connectivity index (χ0n) is 10.2. The van der Waals surface area contributed by atoms with Crippen molar-refractivity contribution in [3.8, 4) is 0 Å². The van der Waals surface area contributed by atoms with E-state index in [1.54, 1.807) is 0 Å². The van der Waals surface area contributed by atoms with Crippen molar-refractivity contribution < 1.29 is 14.6 Å². The number of halogens is 1. The largest absolute Gasteiger partial charge is 0.465 e. The van der Waals surface area contributed by atoms with E-state index in [1.807, 2.05) is 0 Å². The molecule has 1 fully saturated rings. The van der Waals surface area contributed by atoms with Crippen molar-refractivity contribution in [2.75, 3.05) is 31.2 Å². The molecule has 0 spiro atoms. The lowest BCUT2D eigenvalue weighted by molar-refractivity contribution is 0.122. The first-order valence-corrected chi connectivity index (χ1v) is 6.39. The molecule has 1 amide bonds. The van der Waals surface area contributed by atoms with Crippen molar-refractivity contribution in [1.82, 2.24) is 14.9 Å². The van der Waals surface area contributed by atoms with Gasteiger partial charge in [0.05, 0.1) is 32.0 Å². The molecule has 102 valence electrons. The van der Waals surface area contributed by atoms with Crippen LogP contribution in [0.15, 0.2) is 0 Å². The van der Waals surface area contributed by atoms with Crippen molar-refractivity contribution in [3.63, 3.8) is 0 Å². The summed E-state index contributed by atoms with van der Waals surface area (Å²) in [6, 6.07) is 0. The number of morpholine rings is 1. The van der Waals surface area contributed by atoms with Gasteiger partial charge in [0.25, 0.3) is 0 Å². The quantitative estimate of drug-likeness (QED) is 0.774. The van der Waals surface area contributed by atoms with E-state index in [0.29, 0.717) is 25.5 Å². The summed E-state index contributed by atoms with van der Waals surface area (Å²) in [5.41, 5.74) is 1.55. The Balaban J connectivity index is 1.95. The summed E-state index contributed by atoms with van der Waals surface area (Å²) in [7, 11) is 0. The van der Waals surface area contributed by atoms with Crippen molar-refractivity contribution in [2.45, 2.75) is 13.1 Å². The van der Waals surface area contributed by atoms with Gasteiger partial charge in [0.2, 0.25) is 5.28 Å². The van der Waals surface area contributed by atoms with Crippen molar-refractivity contribution in [1.29, 1.82) is 0 Å². The molecule has 0 radical (unpaired) electrons. The summed E-state index contributed by atoms with van der Waals surface area (Å²) in [6.07, 6.45) is -0.956. The molecular weight excluding hydrogens is 272 g/mol. The number of nitrogens with zero attached hydrogens (tertiary/aromatic N) is 4. The van der Waals surface area contributed by atoms with Crippen molar-refractivity contribution in [2.24, 2.45) is 0 Å². The van der Waals surface area contributed by atoms with Crippen LogP contribution in [-0.2, 0) is 17.8 Å². The highest BCUT2D eigenvalue weighted by Gasteiger charge is 2.30. The highest BCUT2D eigenvalue weighted by Crippen LogP contribution is 2.30. The zero-order valence-corrected chi connectivity index (χ0v) is 10.9. The Morgan fingerprint density at radius 1 is 1.26 bits per heavy atom. The molecule has 1 aromatic rings. The smallest absolute Gasteiger partial charge is 0.407 e. The number of anilines is 1. The second-order valence-corrected chi connectivity index (χ2v) is 4.82. The topological polar surface area (TPSA) is 78.8 Å². The third-order valence-electron chi connectivity index (χ3n) is 3.31. The highest BCUT2D eigenvalue weighted by molar-refractivity contribution is 6.28. The molecule has 19 heavy (non-hydrogen) atoms. The monoisotopic (exact) mass is 284 g/mol. The molecule has 0 aromatic carbocycles. The van der Waals surface area contributed by atoms with E-state index in [9.17, 15) is 4.79 Å². The highest BCUT2D eigenvalue weighted by atomic mass is 35.5. The van der Waals surface area contributed by atoms with E-state index in [4.69, 9.17) is 21.4 Å². The minimum absolute atomic E-state index is 0.160. The van der Waals surface area contributed by atoms with Gasteiger partial charge >= 0.3 is 6.09 Å². The zero-order chi connectivity index (χ0) is 13.4. The second kappa shape index (κ2) is 4.82. The number of fused-ring (bicyclic) bond motifs is 1. The Hall–Kier alpha value is -1.60. The van der Waals surface area contributed by atoms with Crippen molar-refractivity contribution >= 4 is 23.5 Å². The van der Waals surface area contributed by atoms with Gasteiger partial charge in [0.15, 0.2) is 0 Å². The normalized spacial score (nSPS) is 18.6. The number of carbonyl (C=O) groups is 1. The van der Waals surface area contributed by atoms with E-state index in [-0.39, 0.29) is 11.8 Å². The molecule has 0 atom stereocenters. The Morgan fingerprint density at radius 2 is 2.00 bits per heavy atom. The molecule has 8 heteroatoms. The van der Waals surface area contributed by atoms with E-state index in [0.717, 1.165) is 24.5 Å². The Bertz CT molecular complexity index is 519. The van der Waals surface area contributed by atoms with Crippen LogP contribution in [-0.4, -0.2) is 52.4 Å². The van der Waals surface area contributed by atoms with Crippen LogP contribution >= 0.6 is 11.6 Å². The summed E-state index contributed by atoms with van der Waals surface area (Å²) in [6.45, 7) is 3.32. The number of hydrogen-bond acceptors (Lipinski definition) is 5. The maximum Gasteiger partial charge on any atom is 0.407 e. The third-order valence-corrected chi connectivity index (χ3v) is 3.48. The summed E-state index contributed by atoms with van der Waals surface area (Å²) >= 11 is 5.93. The van der Waals surface area contributed by atoms with Crippen LogP contribution in [0.25, 0.3) is 0 Å². The molecule has 0 unspecified atom stereocenters. The number of rotatable bonds is 1. The van der Waals surface area contributed by atoms with Crippen LogP contribution < -0.4 is 4.90 Å². The first kappa shape index (κ1) is 12.4. The number of aromatic nitrogens is 2. The molecule has 2 aliphatic heterocycles. The molecule has 3 heterocycles. The summed E-state index contributed by atoms with van der Waals surface area (Å²) in [4.78, 5) is 22.8. The van der Waals surface area contributed by atoms with Gasteiger partial charge in [-0.2, -0.15) is 0 Å². The van der Waals surface area contributed by atoms with Gasteiger partial charge < -0.3 is 14.7 Å². The van der Waals surface area contributed by atoms with Crippen LogP contribution in [0.1, 0.15) is 11.3 Å². The van der Waals surface area contributed by atoms with E-state index < -0.39 is 6.09 Å². The minimum Gasteiger partial charge on any atom is -0.465 e. The molecular formula is C11H13ClN4O3. The van der Waals surface area contributed by atoms with Gasteiger partial charge in [-0.1, -0.05) is 0 Å². The molecule has 1 saturated heterocycles.